The number of hydrogen-bond donors (Lipinski definition) is 1. The summed E-state index contributed by atoms with van der Waals surface area (Å²) in [4.78, 5) is 21.0. The van der Waals surface area contributed by atoms with E-state index in [0.29, 0.717) is 12.4 Å². The molecule has 1 aromatic carbocycles. The zero-order valence-corrected chi connectivity index (χ0v) is 12.0. The number of fused-ring (bicyclic) bond motifs is 1. The maximum Gasteiger partial charge on any atom is 0.228 e. The van der Waals surface area contributed by atoms with Gasteiger partial charge in [-0.15, -0.1) is 11.3 Å². The van der Waals surface area contributed by atoms with Gasteiger partial charge in [-0.25, -0.2) is 9.97 Å². The van der Waals surface area contributed by atoms with E-state index in [4.69, 9.17) is 4.74 Å². The van der Waals surface area contributed by atoms with Crippen LogP contribution >= 0.6 is 11.3 Å². The SMILES string of the molecule is O=C(CCOc1ccccc1)Nc1ncnc2sccc12. The van der Waals surface area contributed by atoms with Crippen molar-refractivity contribution in [1.29, 1.82) is 0 Å². The van der Waals surface area contributed by atoms with Gasteiger partial charge in [0, 0.05) is 0 Å². The van der Waals surface area contributed by atoms with Gasteiger partial charge in [-0.1, -0.05) is 18.2 Å². The van der Waals surface area contributed by atoms with Crippen molar-refractivity contribution >= 4 is 33.3 Å². The molecule has 0 aliphatic rings. The average molecular weight is 299 g/mol. The summed E-state index contributed by atoms with van der Waals surface area (Å²) in [6.45, 7) is 0.327. The van der Waals surface area contributed by atoms with Gasteiger partial charge >= 0.3 is 0 Å². The van der Waals surface area contributed by atoms with E-state index in [0.717, 1.165) is 16.0 Å². The lowest BCUT2D eigenvalue weighted by Gasteiger charge is -2.07. The summed E-state index contributed by atoms with van der Waals surface area (Å²) in [5.41, 5.74) is 0. The van der Waals surface area contributed by atoms with Crippen molar-refractivity contribution in [2.75, 3.05) is 11.9 Å². The standard InChI is InChI=1S/C15H13N3O2S/c19-13(6-8-20-11-4-2-1-3-5-11)18-14-12-7-9-21-15(12)17-10-16-14/h1-5,7,9-10H,6,8H2,(H,16,17,18,19). The Hall–Kier alpha value is -2.47. The van der Waals surface area contributed by atoms with Crippen LogP contribution in [0.15, 0.2) is 48.1 Å². The first kappa shape index (κ1) is 13.5. The van der Waals surface area contributed by atoms with Crippen molar-refractivity contribution in [3.8, 4) is 5.75 Å². The van der Waals surface area contributed by atoms with Crippen LogP contribution in [0.5, 0.6) is 5.75 Å². The molecule has 3 rings (SSSR count). The number of carbonyl (C=O) groups excluding carboxylic acids is 1. The normalized spacial score (nSPS) is 10.5. The van der Waals surface area contributed by atoms with E-state index in [-0.39, 0.29) is 12.3 Å². The van der Waals surface area contributed by atoms with Gasteiger partial charge in [0.05, 0.1) is 18.4 Å². The predicted octanol–water partition coefficient (Wildman–Crippen LogP) is 3.10. The third-order valence-electron chi connectivity index (χ3n) is 2.86. The van der Waals surface area contributed by atoms with Crippen molar-refractivity contribution in [2.24, 2.45) is 0 Å². The van der Waals surface area contributed by atoms with Crippen LogP contribution in [-0.2, 0) is 4.79 Å². The molecule has 2 aromatic heterocycles. The summed E-state index contributed by atoms with van der Waals surface area (Å²) in [5, 5.41) is 5.58. The Morgan fingerprint density at radius 1 is 1.19 bits per heavy atom. The van der Waals surface area contributed by atoms with E-state index in [1.54, 1.807) is 0 Å². The summed E-state index contributed by atoms with van der Waals surface area (Å²) in [5.74, 6) is 1.18. The van der Waals surface area contributed by atoms with Crippen molar-refractivity contribution in [1.82, 2.24) is 9.97 Å². The highest BCUT2D eigenvalue weighted by molar-refractivity contribution is 7.16. The number of thiophene rings is 1. The molecule has 3 aromatic rings. The highest BCUT2D eigenvalue weighted by atomic mass is 32.1. The summed E-state index contributed by atoms with van der Waals surface area (Å²) >= 11 is 1.52. The molecule has 0 fully saturated rings. The fourth-order valence-corrected chi connectivity index (χ4v) is 2.60. The summed E-state index contributed by atoms with van der Waals surface area (Å²) < 4.78 is 5.50. The molecule has 0 saturated heterocycles. The van der Waals surface area contributed by atoms with E-state index >= 15 is 0 Å². The smallest absolute Gasteiger partial charge is 0.228 e. The van der Waals surface area contributed by atoms with Crippen LogP contribution in [0.2, 0.25) is 0 Å². The number of rotatable bonds is 5. The Balaban J connectivity index is 1.56. The maximum absolute atomic E-state index is 11.9. The molecule has 0 radical (unpaired) electrons. The third kappa shape index (κ3) is 3.35. The Kier molecular flexibility index (Phi) is 4.07. The highest BCUT2D eigenvalue weighted by Gasteiger charge is 2.08. The molecule has 1 amide bonds. The van der Waals surface area contributed by atoms with Crippen molar-refractivity contribution < 1.29 is 9.53 Å². The lowest BCUT2D eigenvalue weighted by Crippen LogP contribution is -2.16. The van der Waals surface area contributed by atoms with E-state index in [9.17, 15) is 4.79 Å². The zero-order valence-electron chi connectivity index (χ0n) is 11.2. The number of nitrogens with zero attached hydrogens (tertiary/aromatic N) is 2. The van der Waals surface area contributed by atoms with Gasteiger partial charge in [-0.05, 0) is 23.6 Å². The first-order chi connectivity index (χ1) is 10.3. The van der Waals surface area contributed by atoms with Gasteiger partial charge in [0.1, 0.15) is 22.7 Å². The molecule has 0 unspecified atom stereocenters. The zero-order chi connectivity index (χ0) is 14.5. The van der Waals surface area contributed by atoms with Crippen molar-refractivity contribution in [3.63, 3.8) is 0 Å². The number of benzene rings is 1. The minimum absolute atomic E-state index is 0.128. The van der Waals surface area contributed by atoms with Gasteiger partial charge in [-0.2, -0.15) is 0 Å². The van der Waals surface area contributed by atoms with Crippen LogP contribution in [0.25, 0.3) is 10.2 Å². The number of aromatic nitrogens is 2. The molecule has 5 nitrogen and oxygen atoms in total. The van der Waals surface area contributed by atoms with Crippen LogP contribution in [-0.4, -0.2) is 22.5 Å². The molecular formula is C15H13N3O2S. The van der Waals surface area contributed by atoms with Crippen LogP contribution in [0.3, 0.4) is 0 Å². The minimum Gasteiger partial charge on any atom is -0.493 e. The van der Waals surface area contributed by atoms with Gasteiger partial charge in [0.25, 0.3) is 0 Å². The van der Waals surface area contributed by atoms with Crippen LogP contribution in [0.4, 0.5) is 5.82 Å². The molecule has 0 atom stereocenters. The largest absolute Gasteiger partial charge is 0.493 e. The molecule has 6 heteroatoms. The number of amides is 1. The summed E-state index contributed by atoms with van der Waals surface area (Å²) in [7, 11) is 0. The van der Waals surface area contributed by atoms with Gasteiger partial charge < -0.3 is 10.1 Å². The first-order valence-corrected chi connectivity index (χ1v) is 7.37. The fraction of sp³-hybridized carbons (Fsp3) is 0.133. The lowest BCUT2D eigenvalue weighted by atomic mass is 10.3. The number of carbonyl (C=O) groups is 1. The number of para-hydroxylation sites is 1. The van der Waals surface area contributed by atoms with Crippen LogP contribution in [0.1, 0.15) is 6.42 Å². The summed E-state index contributed by atoms with van der Waals surface area (Å²) in [6.07, 6.45) is 1.72. The second kappa shape index (κ2) is 6.32. The van der Waals surface area contributed by atoms with E-state index in [1.165, 1.54) is 17.7 Å². The van der Waals surface area contributed by atoms with Gasteiger partial charge in [0.2, 0.25) is 5.91 Å². The van der Waals surface area contributed by atoms with E-state index in [2.05, 4.69) is 15.3 Å². The molecule has 0 bridgehead atoms. The monoisotopic (exact) mass is 299 g/mol. The third-order valence-corrected chi connectivity index (χ3v) is 3.68. The van der Waals surface area contributed by atoms with Gasteiger partial charge in [0.15, 0.2) is 0 Å². The molecular weight excluding hydrogens is 286 g/mol. The molecule has 0 saturated carbocycles. The van der Waals surface area contributed by atoms with Gasteiger partial charge in [-0.3, -0.25) is 4.79 Å². The highest BCUT2D eigenvalue weighted by Crippen LogP contribution is 2.23. The number of ether oxygens (including phenoxy) is 1. The Labute approximate surface area is 125 Å². The Bertz CT molecular complexity index is 743. The molecule has 0 aliphatic carbocycles. The molecule has 21 heavy (non-hydrogen) atoms. The molecule has 1 N–H and O–H groups in total. The second-order valence-electron chi connectivity index (χ2n) is 4.32. The molecule has 2 heterocycles. The van der Waals surface area contributed by atoms with E-state index in [1.807, 2.05) is 41.8 Å². The van der Waals surface area contributed by atoms with Crippen LogP contribution in [0, 0.1) is 0 Å². The minimum atomic E-state index is -0.128. The Morgan fingerprint density at radius 2 is 2.05 bits per heavy atom. The summed E-state index contributed by atoms with van der Waals surface area (Å²) in [6, 6.07) is 11.3. The fourth-order valence-electron chi connectivity index (χ4n) is 1.86. The molecule has 0 spiro atoms. The lowest BCUT2D eigenvalue weighted by molar-refractivity contribution is -0.116. The Morgan fingerprint density at radius 3 is 2.90 bits per heavy atom. The van der Waals surface area contributed by atoms with Crippen molar-refractivity contribution in [3.05, 3.63) is 48.1 Å². The predicted molar refractivity (Wildman–Crippen MR) is 82.6 cm³/mol. The second-order valence-corrected chi connectivity index (χ2v) is 5.22. The molecule has 106 valence electrons. The number of nitrogens with one attached hydrogen (secondary N) is 1. The first-order valence-electron chi connectivity index (χ1n) is 6.49. The van der Waals surface area contributed by atoms with E-state index < -0.39 is 0 Å². The maximum atomic E-state index is 11.9. The van der Waals surface area contributed by atoms with Crippen molar-refractivity contribution in [2.45, 2.75) is 6.42 Å². The van der Waals surface area contributed by atoms with Crippen LogP contribution < -0.4 is 10.1 Å². The topological polar surface area (TPSA) is 64.1 Å². The quantitative estimate of drug-likeness (QED) is 0.786. The average Bonchev–Trinajstić information content (AvgIpc) is 2.98. The number of hydrogen-bond acceptors (Lipinski definition) is 5. The number of anilines is 1. The molecule has 0 aliphatic heterocycles.